The lowest BCUT2D eigenvalue weighted by Crippen LogP contribution is -2.49. The number of carbonyl (C=O) groups is 2. The molecule has 6 heteroatoms. The standard InChI is InChI=1S/C36H41N3O3/c1-25-20-31(35(41)37-26(2)29-16-10-6-11-17-29)23-32(21-25)36(42)38-33(22-28-14-8-5-9-15-28)34(40)24-39(4)27(3)30-18-12-7-13-19-30/h5-21,23,26-27,33-34,40H,22,24H2,1-4H3,(H,37,41)(H,38,42)/t26-,27-,33-,34+/m0/s1. The second-order valence-corrected chi connectivity index (χ2v) is 11.1. The number of aryl methyl sites for hydroxylation is 1. The van der Waals surface area contributed by atoms with Gasteiger partial charge in [-0.1, -0.05) is 91.0 Å². The molecular formula is C36H41N3O3. The van der Waals surface area contributed by atoms with Crippen LogP contribution in [-0.2, 0) is 6.42 Å². The first-order valence-electron chi connectivity index (χ1n) is 14.5. The smallest absolute Gasteiger partial charge is 0.251 e. The molecule has 4 aromatic rings. The third kappa shape index (κ3) is 8.38. The van der Waals surface area contributed by atoms with E-state index >= 15 is 0 Å². The molecule has 0 saturated carbocycles. The molecule has 0 aromatic heterocycles. The number of amides is 2. The van der Waals surface area contributed by atoms with E-state index in [1.165, 1.54) is 0 Å². The van der Waals surface area contributed by atoms with E-state index < -0.39 is 12.1 Å². The Balaban J connectivity index is 1.50. The third-order valence-corrected chi connectivity index (χ3v) is 7.75. The summed E-state index contributed by atoms with van der Waals surface area (Å²) in [4.78, 5) is 28.8. The van der Waals surface area contributed by atoms with Crippen LogP contribution >= 0.6 is 0 Å². The number of nitrogens with zero attached hydrogens (tertiary/aromatic N) is 1. The molecule has 42 heavy (non-hydrogen) atoms. The van der Waals surface area contributed by atoms with Gasteiger partial charge in [-0.25, -0.2) is 0 Å². The Morgan fingerprint density at radius 1 is 0.738 bits per heavy atom. The van der Waals surface area contributed by atoms with E-state index in [-0.39, 0.29) is 23.9 Å². The van der Waals surface area contributed by atoms with Crippen LogP contribution in [0.4, 0.5) is 0 Å². The number of aliphatic hydroxyl groups excluding tert-OH is 1. The lowest BCUT2D eigenvalue weighted by molar-refractivity contribution is 0.0656. The fourth-order valence-electron chi connectivity index (χ4n) is 5.12. The second kappa shape index (κ2) is 14.6. The van der Waals surface area contributed by atoms with Crippen molar-refractivity contribution in [1.29, 1.82) is 0 Å². The van der Waals surface area contributed by atoms with Crippen LogP contribution in [0.2, 0.25) is 0 Å². The van der Waals surface area contributed by atoms with Crippen molar-refractivity contribution < 1.29 is 14.7 Å². The summed E-state index contributed by atoms with van der Waals surface area (Å²) < 4.78 is 0. The van der Waals surface area contributed by atoms with E-state index in [1.54, 1.807) is 18.2 Å². The number of aliphatic hydroxyl groups is 1. The van der Waals surface area contributed by atoms with Crippen molar-refractivity contribution in [3.63, 3.8) is 0 Å². The van der Waals surface area contributed by atoms with Crippen molar-refractivity contribution in [3.8, 4) is 0 Å². The van der Waals surface area contributed by atoms with Gasteiger partial charge in [0.2, 0.25) is 0 Å². The molecule has 4 aromatic carbocycles. The monoisotopic (exact) mass is 563 g/mol. The lowest BCUT2D eigenvalue weighted by atomic mass is 9.98. The zero-order valence-corrected chi connectivity index (χ0v) is 24.8. The van der Waals surface area contributed by atoms with Crippen LogP contribution in [0.15, 0.2) is 109 Å². The van der Waals surface area contributed by atoms with E-state index in [9.17, 15) is 14.7 Å². The molecule has 0 unspecified atom stereocenters. The molecule has 0 heterocycles. The van der Waals surface area contributed by atoms with Crippen molar-refractivity contribution in [1.82, 2.24) is 15.5 Å². The summed E-state index contributed by atoms with van der Waals surface area (Å²) in [5, 5.41) is 17.5. The molecule has 0 aliphatic carbocycles. The van der Waals surface area contributed by atoms with Crippen molar-refractivity contribution >= 4 is 11.8 Å². The van der Waals surface area contributed by atoms with E-state index in [0.29, 0.717) is 24.1 Å². The summed E-state index contributed by atoms with van der Waals surface area (Å²) in [6.45, 7) is 6.27. The fourth-order valence-corrected chi connectivity index (χ4v) is 5.12. The molecule has 0 bridgehead atoms. The fraction of sp³-hybridized carbons (Fsp3) is 0.278. The number of benzene rings is 4. The summed E-state index contributed by atoms with van der Waals surface area (Å²) in [5.41, 5.74) is 4.77. The van der Waals surface area contributed by atoms with Crippen LogP contribution in [0.1, 0.15) is 68.9 Å². The highest BCUT2D eigenvalue weighted by atomic mass is 16.3. The summed E-state index contributed by atoms with van der Waals surface area (Å²) >= 11 is 0. The summed E-state index contributed by atoms with van der Waals surface area (Å²) in [6, 6.07) is 34.2. The van der Waals surface area contributed by atoms with Gasteiger partial charge in [0.15, 0.2) is 0 Å². The first kappa shape index (κ1) is 30.7. The maximum absolute atomic E-state index is 13.6. The van der Waals surface area contributed by atoms with Gasteiger partial charge in [-0.3, -0.25) is 14.5 Å². The van der Waals surface area contributed by atoms with Gasteiger partial charge in [0.1, 0.15) is 0 Å². The Hall–Kier alpha value is -4.26. The Morgan fingerprint density at radius 2 is 1.24 bits per heavy atom. The molecule has 0 saturated heterocycles. The van der Waals surface area contributed by atoms with Crippen molar-refractivity contribution in [2.45, 2.75) is 51.4 Å². The van der Waals surface area contributed by atoms with Gasteiger partial charge >= 0.3 is 0 Å². The molecule has 0 spiro atoms. The minimum atomic E-state index is -0.829. The Bertz CT molecular complexity index is 1440. The van der Waals surface area contributed by atoms with E-state index in [1.807, 2.05) is 99.8 Å². The summed E-state index contributed by atoms with van der Waals surface area (Å²) in [5.74, 6) is -0.580. The highest BCUT2D eigenvalue weighted by Gasteiger charge is 2.26. The molecule has 0 aliphatic heterocycles. The number of hydrogen-bond donors (Lipinski definition) is 3. The zero-order valence-electron chi connectivity index (χ0n) is 24.8. The molecule has 218 valence electrons. The SMILES string of the molecule is Cc1cc(C(=O)N[C@@H](C)c2ccccc2)cc(C(=O)N[C@@H](Cc2ccccc2)[C@H](O)CN(C)[C@@H](C)c2ccccc2)c1. The minimum absolute atomic E-state index is 0.0880. The molecule has 0 radical (unpaired) electrons. The molecule has 3 N–H and O–H groups in total. The van der Waals surface area contributed by atoms with Crippen LogP contribution < -0.4 is 10.6 Å². The van der Waals surface area contributed by atoms with Crippen LogP contribution in [-0.4, -0.2) is 47.6 Å². The van der Waals surface area contributed by atoms with Gasteiger partial charge in [0.05, 0.1) is 18.2 Å². The normalized spacial score (nSPS) is 14.0. The number of carbonyl (C=O) groups excluding carboxylic acids is 2. The highest BCUT2D eigenvalue weighted by Crippen LogP contribution is 2.20. The van der Waals surface area contributed by atoms with Crippen molar-refractivity contribution in [3.05, 3.63) is 143 Å². The summed E-state index contributed by atoms with van der Waals surface area (Å²) in [7, 11) is 1.98. The van der Waals surface area contributed by atoms with Gasteiger partial charge in [0, 0.05) is 23.7 Å². The molecule has 4 atom stereocenters. The maximum Gasteiger partial charge on any atom is 0.251 e. The predicted octanol–water partition coefficient (Wildman–Crippen LogP) is 5.88. The zero-order chi connectivity index (χ0) is 30.1. The van der Waals surface area contributed by atoms with Crippen LogP contribution in [0.5, 0.6) is 0 Å². The maximum atomic E-state index is 13.6. The lowest BCUT2D eigenvalue weighted by Gasteiger charge is -2.31. The van der Waals surface area contributed by atoms with Crippen LogP contribution in [0.3, 0.4) is 0 Å². The Labute approximate surface area is 249 Å². The average molecular weight is 564 g/mol. The molecule has 4 rings (SSSR count). The second-order valence-electron chi connectivity index (χ2n) is 11.1. The van der Waals surface area contributed by atoms with Crippen molar-refractivity contribution in [2.24, 2.45) is 0 Å². The first-order chi connectivity index (χ1) is 20.2. The summed E-state index contributed by atoms with van der Waals surface area (Å²) in [6.07, 6.45) is -0.362. The van der Waals surface area contributed by atoms with Crippen LogP contribution in [0, 0.1) is 6.92 Å². The number of likely N-dealkylation sites (N-methyl/N-ethyl adjacent to an activating group) is 1. The van der Waals surface area contributed by atoms with E-state index in [2.05, 4.69) is 34.6 Å². The van der Waals surface area contributed by atoms with Gasteiger partial charge < -0.3 is 15.7 Å². The van der Waals surface area contributed by atoms with Gasteiger partial charge in [-0.15, -0.1) is 0 Å². The van der Waals surface area contributed by atoms with Gasteiger partial charge in [-0.2, -0.15) is 0 Å². The average Bonchev–Trinajstić information content (AvgIpc) is 3.01. The Morgan fingerprint density at radius 3 is 1.81 bits per heavy atom. The largest absolute Gasteiger partial charge is 0.390 e. The first-order valence-corrected chi connectivity index (χ1v) is 14.5. The number of hydrogen-bond acceptors (Lipinski definition) is 4. The molecule has 0 aliphatic rings. The van der Waals surface area contributed by atoms with Crippen molar-refractivity contribution in [2.75, 3.05) is 13.6 Å². The molecule has 2 amide bonds. The Kier molecular flexibility index (Phi) is 10.7. The minimum Gasteiger partial charge on any atom is -0.390 e. The quantitative estimate of drug-likeness (QED) is 0.201. The van der Waals surface area contributed by atoms with Gasteiger partial charge in [-0.05, 0) is 74.7 Å². The highest BCUT2D eigenvalue weighted by molar-refractivity contribution is 6.00. The van der Waals surface area contributed by atoms with E-state index in [0.717, 1.165) is 22.3 Å². The molecule has 0 fully saturated rings. The predicted molar refractivity (Wildman–Crippen MR) is 168 cm³/mol. The number of rotatable bonds is 12. The van der Waals surface area contributed by atoms with Gasteiger partial charge in [0.25, 0.3) is 11.8 Å². The topological polar surface area (TPSA) is 81.7 Å². The third-order valence-electron chi connectivity index (χ3n) is 7.75. The van der Waals surface area contributed by atoms with E-state index in [4.69, 9.17) is 0 Å². The van der Waals surface area contributed by atoms with Crippen LogP contribution in [0.25, 0.3) is 0 Å². The molecule has 6 nitrogen and oxygen atoms in total. The molecular weight excluding hydrogens is 522 g/mol. The number of nitrogens with one attached hydrogen (secondary N) is 2.